The lowest BCUT2D eigenvalue weighted by atomic mass is 10.1. The molecule has 0 aromatic heterocycles. The third-order valence-electron chi connectivity index (χ3n) is 2.34. The highest BCUT2D eigenvalue weighted by Crippen LogP contribution is 2.10. The summed E-state index contributed by atoms with van der Waals surface area (Å²) in [7, 11) is 0. The Kier molecular flexibility index (Phi) is 4.99. The number of Topliss-reactive ketones (excluding diaryl/α,β-unsaturated/α-hetero) is 1. The average Bonchev–Trinajstić information content (AvgIpc) is 2.27. The summed E-state index contributed by atoms with van der Waals surface area (Å²) in [4.78, 5) is 11.1. The van der Waals surface area contributed by atoms with Crippen LogP contribution in [0, 0.1) is 0 Å². The zero-order valence-electron chi connectivity index (χ0n) is 10.1. The van der Waals surface area contributed by atoms with E-state index in [0.717, 1.165) is 24.4 Å². The molecule has 0 amide bonds. The van der Waals surface area contributed by atoms with E-state index in [1.807, 2.05) is 38.1 Å². The summed E-state index contributed by atoms with van der Waals surface area (Å²) in [6.45, 7) is 7.08. The second-order valence-corrected chi connectivity index (χ2v) is 3.78. The third kappa shape index (κ3) is 4.03. The van der Waals surface area contributed by atoms with E-state index in [2.05, 4.69) is 5.32 Å². The highest BCUT2D eigenvalue weighted by Gasteiger charge is 2.01. The molecular formula is C13H19NO2. The van der Waals surface area contributed by atoms with E-state index in [1.165, 1.54) is 0 Å². The Labute approximate surface area is 96.8 Å². The van der Waals surface area contributed by atoms with Gasteiger partial charge < -0.3 is 10.1 Å². The number of nitrogens with one attached hydrogen (secondary N) is 1. The quantitative estimate of drug-likeness (QED) is 0.751. The number of hydrogen-bond acceptors (Lipinski definition) is 3. The van der Waals surface area contributed by atoms with Gasteiger partial charge in [-0.15, -0.1) is 0 Å². The summed E-state index contributed by atoms with van der Waals surface area (Å²) >= 11 is 0. The SMILES string of the molecule is CCOC(C)CNc1ccc(C(C)=O)cc1. The number of carbonyl (C=O) groups is 1. The van der Waals surface area contributed by atoms with E-state index in [-0.39, 0.29) is 11.9 Å². The zero-order chi connectivity index (χ0) is 12.0. The fourth-order valence-electron chi connectivity index (χ4n) is 1.43. The number of ether oxygens (including phenoxy) is 1. The van der Waals surface area contributed by atoms with Crippen molar-refractivity contribution < 1.29 is 9.53 Å². The molecule has 1 aromatic rings. The first-order valence-corrected chi connectivity index (χ1v) is 5.60. The summed E-state index contributed by atoms with van der Waals surface area (Å²) in [5.41, 5.74) is 1.75. The van der Waals surface area contributed by atoms with Gasteiger partial charge in [0.15, 0.2) is 5.78 Å². The molecule has 0 aliphatic heterocycles. The van der Waals surface area contributed by atoms with Crippen LogP contribution in [0.3, 0.4) is 0 Å². The van der Waals surface area contributed by atoms with Crippen LogP contribution in [0.4, 0.5) is 5.69 Å². The molecule has 16 heavy (non-hydrogen) atoms. The fraction of sp³-hybridized carbons (Fsp3) is 0.462. The van der Waals surface area contributed by atoms with Crippen molar-refractivity contribution in [1.82, 2.24) is 0 Å². The van der Waals surface area contributed by atoms with E-state index in [9.17, 15) is 4.79 Å². The summed E-state index contributed by atoms with van der Waals surface area (Å²) in [5, 5.41) is 3.26. The van der Waals surface area contributed by atoms with Gasteiger partial charge in [-0.25, -0.2) is 0 Å². The van der Waals surface area contributed by atoms with Crippen LogP contribution in [0.1, 0.15) is 31.1 Å². The number of rotatable bonds is 6. The molecule has 1 rings (SSSR count). The molecular weight excluding hydrogens is 202 g/mol. The van der Waals surface area contributed by atoms with Gasteiger partial charge in [0.25, 0.3) is 0 Å². The Bertz CT molecular complexity index is 332. The minimum Gasteiger partial charge on any atom is -0.382 e. The Morgan fingerprint density at radius 1 is 1.38 bits per heavy atom. The molecule has 0 spiro atoms. The first-order valence-electron chi connectivity index (χ1n) is 5.60. The molecule has 88 valence electrons. The summed E-state index contributed by atoms with van der Waals surface area (Å²) in [6, 6.07) is 7.48. The molecule has 3 heteroatoms. The van der Waals surface area contributed by atoms with E-state index in [0.29, 0.717) is 0 Å². The van der Waals surface area contributed by atoms with Crippen LogP contribution >= 0.6 is 0 Å². The van der Waals surface area contributed by atoms with E-state index >= 15 is 0 Å². The maximum absolute atomic E-state index is 11.1. The molecule has 0 saturated heterocycles. The first-order chi connectivity index (χ1) is 7.63. The van der Waals surface area contributed by atoms with Crippen LogP contribution in [0.2, 0.25) is 0 Å². The highest BCUT2D eigenvalue weighted by atomic mass is 16.5. The van der Waals surface area contributed by atoms with Gasteiger partial charge in [-0.05, 0) is 45.0 Å². The molecule has 1 aromatic carbocycles. The predicted octanol–water partition coefficient (Wildman–Crippen LogP) is 2.73. The van der Waals surface area contributed by atoms with E-state index < -0.39 is 0 Å². The standard InChI is InChI=1S/C13H19NO2/c1-4-16-10(2)9-14-13-7-5-12(6-8-13)11(3)15/h5-8,10,14H,4,9H2,1-3H3. The van der Waals surface area contributed by atoms with Gasteiger partial charge in [0.2, 0.25) is 0 Å². The lowest BCUT2D eigenvalue weighted by Crippen LogP contribution is -2.19. The van der Waals surface area contributed by atoms with Gasteiger partial charge in [-0.1, -0.05) is 0 Å². The van der Waals surface area contributed by atoms with Crippen molar-refractivity contribution in [2.45, 2.75) is 26.9 Å². The molecule has 1 atom stereocenters. The monoisotopic (exact) mass is 221 g/mol. The Morgan fingerprint density at radius 3 is 2.50 bits per heavy atom. The van der Waals surface area contributed by atoms with Gasteiger partial charge in [-0.3, -0.25) is 4.79 Å². The third-order valence-corrected chi connectivity index (χ3v) is 2.34. The highest BCUT2D eigenvalue weighted by molar-refractivity contribution is 5.94. The van der Waals surface area contributed by atoms with Gasteiger partial charge in [0.1, 0.15) is 0 Å². The maximum atomic E-state index is 11.1. The van der Waals surface area contributed by atoms with Gasteiger partial charge >= 0.3 is 0 Å². The first kappa shape index (κ1) is 12.7. The number of carbonyl (C=O) groups excluding carboxylic acids is 1. The van der Waals surface area contributed by atoms with Crippen LogP contribution in [0.5, 0.6) is 0 Å². The smallest absolute Gasteiger partial charge is 0.159 e. The minimum absolute atomic E-state index is 0.0919. The topological polar surface area (TPSA) is 38.3 Å². The number of ketones is 1. The van der Waals surface area contributed by atoms with Crippen LogP contribution < -0.4 is 5.32 Å². The summed E-state index contributed by atoms with van der Waals surface area (Å²) in [5.74, 6) is 0.0919. The molecule has 0 saturated carbocycles. The van der Waals surface area contributed by atoms with Crippen molar-refractivity contribution in [2.24, 2.45) is 0 Å². The second kappa shape index (κ2) is 6.28. The fourth-order valence-corrected chi connectivity index (χ4v) is 1.43. The molecule has 0 radical (unpaired) electrons. The lowest BCUT2D eigenvalue weighted by molar-refractivity contribution is 0.0855. The summed E-state index contributed by atoms with van der Waals surface area (Å²) < 4.78 is 5.41. The molecule has 1 unspecified atom stereocenters. The molecule has 0 aliphatic carbocycles. The molecule has 0 aliphatic rings. The molecule has 1 N–H and O–H groups in total. The van der Waals surface area contributed by atoms with Crippen molar-refractivity contribution >= 4 is 11.5 Å². The van der Waals surface area contributed by atoms with Crippen molar-refractivity contribution in [3.05, 3.63) is 29.8 Å². The normalized spacial score (nSPS) is 12.2. The predicted molar refractivity (Wildman–Crippen MR) is 66.0 cm³/mol. The summed E-state index contributed by atoms with van der Waals surface area (Å²) in [6.07, 6.45) is 0.192. The van der Waals surface area contributed by atoms with Crippen LogP contribution in [0.25, 0.3) is 0 Å². The maximum Gasteiger partial charge on any atom is 0.159 e. The number of hydrogen-bond donors (Lipinski definition) is 1. The molecule has 0 fully saturated rings. The van der Waals surface area contributed by atoms with Gasteiger partial charge in [0, 0.05) is 24.4 Å². The number of anilines is 1. The van der Waals surface area contributed by atoms with Gasteiger partial charge in [0.05, 0.1) is 6.10 Å². The Balaban J connectivity index is 2.46. The molecule has 0 bridgehead atoms. The van der Waals surface area contributed by atoms with Crippen molar-refractivity contribution in [3.63, 3.8) is 0 Å². The number of benzene rings is 1. The average molecular weight is 221 g/mol. The van der Waals surface area contributed by atoms with E-state index in [4.69, 9.17) is 4.74 Å². The largest absolute Gasteiger partial charge is 0.382 e. The van der Waals surface area contributed by atoms with Crippen LogP contribution in [0.15, 0.2) is 24.3 Å². The van der Waals surface area contributed by atoms with Gasteiger partial charge in [-0.2, -0.15) is 0 Å². The Hall–Kier alpha value is -1.35. The molecule has 3 nitrogen and oxygen atoms in total. The second-order valence-electron chi connectivity index (χ2n) is 3.78. The van der Waals surface area contributed by atoms with Crippen molar-refractivity contribution in [2.75, 3.05) is 18.5 Å². The zero-order valence-corrected chi connectivity index (χ0v) is 10.1. The van der Waals surface area contributed by atoms with Crippen molar-refractivity contribution in [1.29, 1.82) is 0 Å². The van der Waals surface area contributed by atoms with Crippen LogP contribution in [-0.4, -0.2) is 25.0 Å². The minimum atomic E-state index is 0.0919. The lowest BCUT2D eigenvalue weighted by Gasteiger charge is -2.13. The Morgan fingerprint density at radius 2 is 2.00 bits per heavy atom. The van der Waals surface area contributed by atoms with Crippen molar-refractivity contribution in [3.8, 4) is 0 Å². The van der Waals surface area contributed by atoms with E-state index in [1.54, 1.807) is 6.92 Å². The molecule has 0 heterocycles. The van der Waals surface area contributed by atoms with Crippen LogP contribution in [-0.2, 0) is 4.74 Å².